The Morgan fingerprint density at radius 1 is 1.46 bits per heavy atom. The molecule has 1 aliphatic rings. The van der Waals surface area contributed by atoms with Gasteiger partial charge in [0.05, 0.1) is 11.0 Å². The van der Waals surface area contributed by atoms with Crippen molar-refractivity contribution in [2.75, 3.05) is 6.54 Å². The van der Waals surface area contributed by atoms with Crippen LogP contribution in [-0.2, 0) is 11.3 Å². The highest BCUT2D eigenvalue weighted by Crippen LogP contribution is 2.33. The second-order valence-electron chi connectivity index (χ2n) is 5.51. The fourth-order valence-corrected chi connectivity index (χ4v) is 3.05. The highest BCUT2D eigenvalue weighted by molar-refractivity contribution is 7.81. The van der Waals surface area contributed by atoms with Crippen molar-refractivity contribution in [3.8, 4) is 0 Å². The molecule has 0 spiro atoms. The third-order valence-corrected chi connectivity index (χ3v) is 4.23. The molecule has 2 atom stereocenters. The number of hydrogen-bond donors (Lipinski definition) is 2. The lowest BCUT2D eigenvalue weighted by Crippen LogP contribution is -2.32. The summed E-state index contributed by atoms with van der Waals surface area (Å²) in [5.74, 6) is 0.707. The van der Waals surface area contributed by atoms with Crippen molar-refractivity contribution in [2.24, 2.45) is 0 Å². The first-order valence-corrected chi connectivity index (χ1v) is 7.90. The van der Waals surface area contributed by atoms with Crippen molar-refractivity contribution in [1.82, 2.24) is 14.9 Å². The molecule has 0 saturated carbocycles. The number of amides is 1. The Bertz CT molecular complexity index is 720. The molecule has 1 saturated heterocycles. The number of carbonyl (C=O) groups is 1. The van der Waals surface area contributed by atoms with Crippen LogP contribution in [0.2, 0.25) is 0 Å². The summed E-state index contributed by atoms with van der Waals surface area (Å²) in [4.78, 5) is 31.3. The standard InChI is InChI=1S/C15H16N4O4S/c20-15(23-9-10-1-3-11(4-2-10)19(21)22)18-8-12(24)7-13(18)14-16-5-6-17-14/h1-6,12-13,24H,7-9H2,(H,16,17)/t12-,13-/m0/s1. The van der Waals surface area contributed by atoms with E-state index in [1.807, 2.05) is 0 Å². The van der Waals surface area contributed by atoms with E-state index in [1.165, 1.54) is 12.1 Å². The highest BCUT2D eigenvalue weighted by atomic mass is 32.1. The predicted octanol–water partition coefficient (Wildman–Crippen LogP) is 2.70. The molecular weight excluding hydrogens is 332 g/mol. The molecule has 1 N–H and O–H groups in total. The minimum absolute atomic E-state index is 0.000388. The van der Waals surface area contributed by atoms with Crippen LogP contribution in [0.15, 0.2) is 36.7 Å². The summed E-state index contributed by atoms with van der Waals surface area (Å²) in [5.41, 5.74) is 0.686. The molecule has 1 aromatic heterocycles. The molecule has 24 heavy (non-hydrogen) atoms. The molecule has 8 nitrogen and oxygen atoms in total. The first-order chi connectivity index (χ1) is 11.5. The molecule has 9 heteroatoms. The summed E-state index contributed by atoms with van der Waals surface area (Å²) in [7, 11) is 0. The summed E-state index contributed by atoms with van der Waals surface area (Å²) >= 11 is 4.45. The predicted molar refractivity (Wildman–Crippen MR) is 88.7 cm³/mol. The number of nitro benzene ring substituents is 1. The van der Waals surface area contributed by atoms with Crippen molar-refractivity contribution < 1.29 is 14.5 Å². The van der Waals surface area contributed by atoms with E-state index in [9.17, 15) is 14.9 Å². The highest BCUT2D eigenvalue weighted by Gasteiger charge is 2.37. The summed E-state index contributed by atoms with van der Waals surface area (Å²) in [6, 6.07) is 5.72. The monoisotopic (exact) mass is 348 g/mol. The van der Waals surface area contributed by atoms with Gasteiger partial charge < -0.3 is 9.72 Å². The Labute approximate surface area is 143 Å². The van der Waals surface area contributed by atoms with Crippen LogP contribution < -0.4 is 0 Å². The summed E-state index contributed by atoms with van der Waals surface area (Å²) in [6.45, 7) is 0.531. The molecule has 0 unspecified atom stereocenters. The SMILES string of the molecule is O=C(OCc1ccc([N+](=O)[O-])cc1)N1C[C@@H](S)C[C@H]1c1ncc[nH]1. The third kappa shape index (κ3) is 3.51. The second kappa shape index (κ2) is 6.91. The van der Waals surface area contributed by atoms with Gasteiger partial charge in [-0.15, -0.1) is 0 Å². The summed E-state index contributed by atoms with van der Waals surface area (Å²) in [5, 5.41) is 10.7. The zero-order chi connectivity index (χ0) is 17.1. The Morgan fingerprint density at radius 3 is 2.83 bits per heavy atom. The topological polar surface area (TPSA) is 101 Å². The number of non-ortho nitro benzene ring substituents is 1. The third-order valence-electron chi connectivity index (χ3n) is 3.86. The van der Waals surface area contributed by atoms with Crippen LogP contribution in [0.3, 0.4) is 0 Å². The lowest BCUT2D eigenvalue weighted by Gasteiger charge is -2.22. The zero-order valence-corrected chi connectivity index (χ0v) is 13.6. The van der Waals surface area contributed by atoms with Crippen LogP contribution >= 0.6 is 12.6 Å². The molecule has 1 fully saturated rings. The number of nitro groups is 1. The van der Waals surface area contributed by atoms with Gasteiger partial charge in [0, 0.05) is 36.3 Å². The molecule has 1 aromatic carbocycles. The fourth-order valence-electron chi connectivity index (χ4n) is 2.68. The van der Waals surface area contributed by atoms with E-state index in [-0.39, 0.29) is 23.6 Å². The average Bonchev–Trinajstić information content (AvgIpc) is 3.22. The number of thiol groups is 1. The summed E-state index contributed by atoms with van der Waals surface area (Å²) in [6.07, 6.45) is 3.60. The Morgan fingerprint density at radius 2 is 2.21 bits per heavy atom. The number of likely N-dealkylation sites (tertiary alicyclic amines) is 1. The van der Waals surface area contributed by atoms with Crippen molar-refractivity contribution in [2.45, 2.75) is 24.3 Å². The number of benzene rings is 1. The molecule has 2 heterocycles. The van der Waals surface area contributed by atoms with E-state index >= 15 is 0 Å². The number of imidazole rings is 1. The molecule has 2 aromatic rings. The van der Waals surface area contributed by atoms with Crippen LogP contribution in [0, 0.1) is 10.1 Å². The van der Waals surface area contributed by atoms with Gasteiger partial charge >= 0.3 is 6.09 Å². The first kappa shape index (κ1) is 16.3. The first-order valence-electron chi connectivity index (χ1n) is 7.38. The maximum Gasteiger partial charge on any atom is 0.410 e. The van der Waals surface area contributed by atoms with Crippen molar-refractivity contribution >= 4 is 24.4 Å². The summed E-state index contributed by atoms with van der Waals surface area (Å²) < 4.78 is 5.33. The van der Waals surface area contributed by atoms with Crippen molar-refractivity contribution in [3.63, 3.8) is 0 Å². The van der Waals surface area contributed by atoms with E-state index in [1.54, 1.807) is 29.4 Å². The quantitative estimate of drug-likeness (QED) is 0.502. The molecule has 0 aliphatic carbocycles. The zero-order valence-electron chi connectivity index (χ0n) is 12.7. The normalized spacial score (nSPS) is 20.1. The minimum atomic E-state index is -0.471. The van der Waals surface area contributed by atoms with Crippen LogP contribution in [0.1, 0.15) is 23.9 Å². The molecule has 0 bridgehead atoms. The Kier molecular flexibility index (Phi) is 4.70. The molecular formula is C15H16N4O4S. The number of carbonyl (C=O) groups excluding carboxylic acids is 1. The van der Waals surface area contributed by atoms with Gasteiger partial charge in [-0.3, -0.25) is 15.0 Å². The maximum absolute atomic E-state index is 12.4. The van der Waals surface area contributed by atoms with E-state index in [4.69, 9.17) is 4.74 Å². The Balaban J connectivity index is 1.62. The second-order valence-corrected chi connectivity index (χ2v) is 6.24. The lowest BCUT2D eigenvalue weighted by molar-refractivity contribution is -0.384. The number of aromatic amines is 1. The number of nitrogens with one attached hydrogen (secondary N) is 1. The number of H-pyrrole nitrogens is 1. The van der Waals surface area contributed by atoms with E-state index < -0.39 is 11.0 Å². The van der Waals surface area contributed by atoms with Crippen LogP contribution in [0.25, 0.3) is 0 Å². The number of ether oxygens (including phenoxy) is 1. The minimum Gasteiger partial charge on any atom is -0.445 e. The molecule has 3 rings (SSSR count). The van der Waals surface area contributed by atoms with Gasteiger partial charge in [-0.2, -0.15) is 12.6 Å². The molecule has 1 aliphatic heterocycles. The number of aromatic nitrogens is 2. The average molecular weight is 348 g/mol. The van der Waals surface area contributed by atoms with Gasteiger partial charge in [-0.25, -0.2) is 9.78 Å². The van der Waals surface area contributed by atoms with E-state index in [2.05, 4.69) is 22.6 Å². The Hall–Kier alpha value is -2.55. The van der Waals surface area contributed by atoms with E-state index in [0.717, 1.165) is 0 Å². The maximum atomic E-state index is 12.4. The van der Waals surface area contributed by atoms with Gasteiger partial charge in [0.25, 0.3) is 5.69 Å². The van der Waals surface area contributed by atoms with Gasteiger partial charge in [-0.1, -0.05) is 0 Å². The molecule has 1 amide bonds. The van der Waals surface area contributed by atoms with Gasteiger partial charge in [0.1, 0.15) is 12.4 Å². The smallest absolute Gasteiger partial charge is 0.410 e. The van der Waals surface area contributed by atoms with Crippen LogP contribution in [0.5, 0.6) is 0 Å². The largest absolute Gasteiger partial charge is 0.445 e. The number of hydrogen-bond acceptors (Lipinski definition) is 6. The molecule has 126 valence electrons. The van der Waals surface area contributed by atoms with E-state index in [0.29, 0.717) is 24.4 Å². The van der Waals surface area contributed by atoms with Crippen molar-refractivity contribution in [1.29, 1.82) is 0 Å². The lowest BCUT2D eigenvalue weighted by atomic mass is 10.2. The van der Waals surface area contributed by atoms with Crippen LogP contribution in [-0.4, -0.2) is 37.7 Å². The van der Waals surface area contributed by atoms with Gasteiger partial charge in [-0.05, 0) is 24.1 Å². The van der Waals surface area contributed by atoms with Gasteiger partial charge in [0.15, 0.2) is 0 Å². The molecule has 0 radical (unpaired) electrons. The number of nitrogens with zero attached hydrogens (tertiary/aromatic N) is 3. The van der Waals surface area contributed by atoms with Gasteiger partial charge in [0.2, 0.25) is 0 Å². The van der Waals surface area contributed by atoms with Crippen molar-refractivity contribution in [3.05, 3.63) is 58.2 Å². The fraction of sp³-hybridized carbons (Fsp3) is 0.333. The van der Waals surface area contributed by atoms with Crippen LogP contribution in [0.4, 0.5) is 10.5 Å². The number of rotatable bonds is 4.